The molecule has 0 atom stereocenters. The lowest BCUT2D eigenvalue weighted by Crippen LogP contribution is -2.19. The van der Waals surface area contributed by atoms with E-state index in [4.69, 9.17) is 10.5 Å². The zero-order chi connectivity index (χ0) is 16.3. The smallest absolute Gasteiger partial charge is 0.422 e. The van der Waals surface area contributed by atoms with Crippen molar-refractivity contribution in [3.05, 3.63) is 36.3 Å². The molecular formula is C14H12F4N2O2. The summed E-state index contributed by atoms with van der Waals surface area (Å²) in [6, 6.07) is 5.22. The Hall–Kier alpha value is -2.51. The Morgan fingerprint density at radius 3 is 2.55 bits per heavy atom. The van der Waals surface area contributed by atoms with E-state index in [1.807, 2.05) is 0 Å². The average molecular weight is 316 g/mol. The van der Waals surface area contributed by atoms with Crippen LogP contribution in [0.1, 0.15) is 0 Å². The summed E-state index contributed by atoms with van der Waals surface area (Å²) in [5.41, 5.74) is 6.12. The van der Waals surface area contributed by atoms with Gasteiger partial charge in [0.05, 0.1) is 13.3 Å². The highest BCUT2D eigenvalue weighted by Crippen LogP contribution is 2.31. The molecule has 22 heavy (non-hydrogen) atoms. The quantitative estimate of drug-likeness (QED) is 0.693. The second-order valence-corrected chi connectivity index (χ2v) is 4.40. The molecule has 0 fully saturated rings. The van der Waals surface area contributed by atoms with E-state index in [9.17, 15) is 17.6 Å². The number of rotatable bonds is 4. The SMILES string of the molecule is COc1cc(-c2cc(N)cc(OCC(F)(F)F)c2)c(F)cn1. The molecule has 2 aromatic rings. The first-order valence-electron chi connectivity index (χ1n) is 6.08. The number of hydrogen-bond donors (Lipinski definition) is 1. The number of benzene rings is 1. The molecule has 0 aliphatic carbocycles. The highest BCUT2D eigenvalue weighted by Gasteiger charge is 2.28. The van der Waals surface area contributed by atoms with Crippen molar-refractivity contribution in [2.45, 2.75) is 6.18 Å². The van der Waals surface area contributed by atoms with E-state index >= 15 is 0 Å². The van der Waals surface area contributed by atoms with E-state index in [0.29, 0.717) is 0 Å². The first kappa shape index (κ1) is 15.9. The Kier molecular flexibility index (Phi) is 4.39. The Morgan fingerprint density at radius 2 is 1.91 bits per heavy atom. The van der Waals surface area contributed by atoms with E-state index in [2.05, 4.69) is 9.72 Å². The fraction of sp³-hybridized carbons (Fsp3) is 0.214. The van der Waals surface area contributed by atoms with Crippen LogP contribution in [0, 0.1) is 5.82 Å². The number of hydrogen-bond acceptors (Lipinski definition) is 4. The van der Waals surface area contributed by atoms with Gasteiger partial charge in [-0.3, -0.25) is 0 Å². The van der Waals surface area contributed by atoms with Gasteiger partial charge in [0.25, 0.3) is 0 Å². The predicted molar refractivity (Wildman–Crippen MR) is 72.1 cm³/mol. The lowest BCUT2D eigenvalue weighted by Gasteiger charge is -2.12. The molecule has 0 saturated carbocycles. The highest BCUT2D eigenvalue weighted by molar-refractivity contribution is 5.70. The van der Waals surface area contributed by atoms with Gasteiger partial charge in [-0.15, -0.1) is 0 Å². The van der Waals surface area contributed by atoms with Gasteiger partial charge in [-0.2, -0.15) is 13.2 Å². The molecule has 1 aromatic heterocycles. The zero-order valence-corrected chi connectivity index (χ0v) is 11.4. The summed E-state index contributed by atoms with van der Waals surface area (Å²) in [6.07, 6.45) is -3.52. The normalized spacial score (nSPS) is 11.3. The number of methoxy groups -OCH3 is 1. The second kappa shape index (κ2) is 6.08. The molecule has 0 spiro atoms. The molecule has 118 valence electrons. The maximum absolute atomic E-state index is 13.9. The zero-order valence-electron chi connectivity index (χ0n) is 11.4. The van der Waals surface area contributed by atoms with Gasteiger partial charge < -0.3 is 15.2 Å². The molecule has 0 bridgehead atoms. The van der Waals surface area contributed by atoms with Crippen molar-refractivity contribution in [2.24, 2.45) is 0 Å². The van der Waals surface area contributed by atoms with Crippen molar-refractivity contribution in [1.82, 2.24) is 4.98 Å². The number of nitrogens with zero attached hydrogens (tertiary/aromatic N) is 1. The number of nitrogen functional groups attached to an aromatic ring is 1. The number of nitrogens with two attached hydrogens (primary N) is 1. The Labute approximate surface area is 123 Å². The van der Waals surface area contributed by atoms with Crippen molar-refractivity contribution in [1.29, 1.82) is 0 Å². The van der Waals surface area contributed by atoms with Crippen LogP contribution < -0.4 is 15.2 Å². The van der Waals surface area contributed by atoms with Crippen molar-refractivity contribution >= 4 is 5.69 Å². The molecule has 0 aliphatic heterocycles. The van der Waals surface area contributed by atoms with Gasteiger partial charge >= 0.3 is 6.18 Å². The first-order chi connectivity index (χ1) is 10.3. The summed E-state index contributed by atoms with van der Waals surface area (Å²) in [7, 11) is 1.36. The van der Waals surface area contributed by atoms with Gasteiger partial charge in [0.15, 0.2) is 6.61 Å². The van der Waals surface area contributed by atoms with Crippen LogP contribution in [0.3, 0.4) is 0 Å². The van der Waals surface area contributed by atoms with Crippen LogP contribution in [0.15, 0.2) is 30.5 Å². The molecule has 1 aromatic carbocycles. The highest BCUT2D eigenvalue weighted by atomic mass is 19.4. The van der Waals surface area contributed by atoms with Crippen molar-refractivity contribution < 1.29 is 27.0 Å². The van der Waals surface area contributed by atoms with Crippen LogP contribution in [0.25, 0.3) is 11.1 Å². The molecule has 2 rings (SSSR count). The summed E-state index contributed by atoms with van der Waals surface area (Å²) in [6.45, 7) is -1.46. The number of aromatic nitrogens is 1. The third-order valence-electron chi connectivity index (χ3n) is 2.68. The number of ether oxygens (including phenoxy) is 2. The molecule has 0 unspecified atom stereocenters. The van der Waals surface area contributed by atoms with E-state index < -0.39 is 18.6 Å². The molecule has 8 heteroatoms. The maximum Gasteiger partial charge on any atom is 0.422 e. The van der Waals surface area contributed by atoms with Crippen LogP contribution in [-0.2, 0) is 0 Å². The number of anilines is 1. The Balaban J connectivity index is 2.37. The average Bonchev–Trinajstić information content (AvgIpc) is 2.44. The minimum atomic E-state index is -4.48. The standard InChI is InChI=1S/C14H12F4N2O2/c1-21-13-5-11(12(15)6-20-13)8-2-9(19)4-10(3-8)22-7-14(16,17)18/h2-6H,7,19H2,1H3. The fourth-order valence-electron chi connectivity index (χ4n) is 1.78. The van der Waals surface area contributed by atoms with Crippen molar-refractivity contribution in [2.75, 3.05) is 19.5 Å². The molecular weight excluding hydrogens is 304 g/mol. The van der Waals surface area contributed by atoms with Crippen molar-refractivity contribution in [3.63, 3.8) is 0 Å². The lowest BCUT2D eigenvalue weighted by molar-refractivity contribution is -0.153. The molecule has 0 aliphatic rings. The minimum absolute atomic E-state index is 0.0935. The molecule has 0 saturated heterocycles. The van der Waals surface area contributed by atoms with Gasteiger partial charge in [-0.1, -0.05) is 0 Å². The molecule has 2 N–H and O–H groups in total. The summed E-state index contributed by atoms with van der Waals surface area (Å²) in [5.74, 6) is -0.604. The molecule has 4 nitrogen and oxygen atoms in total. The number of halogens is 4. The summed E-state index contributed by atoms with van der Waals surface area (Å²) >= 11 is 0. The second-order valence-electron chi connectivity index (χ2n) is 4.40. The monoisotopic (exact) mass is 316 g/mol. The van der Waals surface area contributed by atoms with Crippen molar-refractivity contribution in [3.8, 4) is 22.8 Å². The molecule has 1 heterocycles. The summed E-state index contributed by atoms with van der Waals surface area (Å²) in [4.78, 5) is 3.69. The lowest BCUT2D eigenvalue weighted by atomic mass is 10.1. The van der Waals surface area contributed by atoms with Crippen LogP contribution in [0.5, 0.6) is 11.6 Å². The van der Waals surface area contributed by atoms with Crippen LogP contribution in [-0.4, -0.2) is 24.9 Å². The van der Waals surface area contributed by atoms with E-state index in [1.54, 1.807) is 0 Å². The summed E-state index contributed by atoms with van der Waals surface area (Å²) in [5, 5.41) is 0. The van der Waals surface area contributed by atoms with E-state index in [-0.39, 0.29) is 28.4 Å². The Bertz CT molecular complexity index is 674. The fourth-order valence-corrected chi connectivity index (χ4v) is 1.78. The maximum atomic E-state index is 13.9. The first-order valence-corrected chi connectivity index (χ1v) is 6.08. The molecule has 0 amide bonds. The minimum Gasteiger partial charge on any atom is -0.484 e. The Morgan fingerprint density at radius 1 is 1.18 bits per heavy atom. The van der Waals surface area contributed by atoms with E-state index in [0.717, 1.165) is 6.20 Å². The topological polar surface area (TPSA) is 57.4 Å². The molecule has 0 radical (unpaired) electrons. The third kappa shape index (κ3) is 4.00. The number of alkyl halides is 3. The third-order valence-corrected chi connectivity index (χ3v) is 2.68. The van der Waals surface area contributed by atoms with Gasteiger partial charge in [0.2, 0.25) is 5.88 Å². The number of pyridine rings is 1. The van der Waals surface area contributed by atoms with Gasteiger partial charge in [0, 0.05) is 23.4 Å². The van der Waals surface area contributed by atoms with Crippen LogP contribution in [0.2, 0.25) is 0 Å². The largest absolute Gasteiger partial charge is 0.484 e. The van der Waals surface area contributed by atoms with Gasteiger partial charge in [-0.25, -0.2) is 9.37 Å². The van der Waals surface area contributed by atoms with Crippen LogP contribution >= 0.6 is 0 Å². The van der Waals surface area contributed by atoms with E-state index in [1.165, 1.54) is 31.4 Å². The van der Waals surface area contributed by atoms with Crippen LogP contribution in [0.4, 0.5) is 23.2 Å². The summed E-state index contributed by atoms with van der Waals surface area (Å²) < 4.78 is 59.9. The predicted octanol–water partition coefficient (Wildman–Crippen LogP) is 3.42. The van der Waals surface area contributed by atoms with Gasteiger partial charge in [-0.05, 0) is 17.7 Å². The van der Waals surface area contributed by atoms with Gasteiger partial charge in [0.1, 0.15) is 11.6 Å².